The van der Waals surface area contributed by atoms with Crippen molar-refractivity contribution in [2.75, 3.05) is 6.26 Å². The van der Waals surface area contributed by atoms with Gasteiger partial charge in [0, 0.05) is 6.26 Å². The van der Waals surface area contributed by atoms with Crippen LogP contribution in [0.25, 0.3) is 0 Å². The standard InChI is InChI=1S/C13H16O4S/c1-9(14)13(10(2)15)8-11-4-6-12(7-5-11)18(3,16)17/h4-7,13H,8H2,1-3H3. The van der Waals surface area contributed by atoms with E-state index >= 15 is 0 Å². The summed E-state index contributed by atoms with van der Waals surface area (Å²) in [7, 11) is -3.21. The SMILES string of the molecule is CC(=O)C(Cc1ccc(S(C)(=O)=O)cc1)C(C)=O. The van der Waals surface area contributed by atoms with Gasteiger partial charge in [-0.1, -0.05) is 12.1 Å². The van der Waals surface area contributed by atoms with Crippen molar-refractivity contribution in [2.45, 2.75) is 25.2 Å². The molecule has 5 heteroatoms. The maximum Gasteiger partial charge on any atom is 0.175 e. The molecule has 1 aromatic carbocycles. The third-order valence-corrected chi connectivity index (χ3v) is 3.90. The Morgan fingerprint density at radius 1 is 1.06 bits per heavy atom. The predicted octanol–water partition coefficient (Wildman–Crippen LogP) is 1.43. The van der Waals surface area contributed by atoms with Crippen LogP contribution < -0.4 is 0 Å². The Balaban J connectivity index is 2.93. The summed E-state index contributed by atoms with van der Waals surface area (Å²) in [6.07, 6.45) is 1.45. The molecule has 1 aromatic rings. The van der Waals surface area contributed by atoms with Crippen LogP contribution in [0.4, 0.5) is 0 Å². The Bertz CT molecular complexity index is 541. The first-order valence-electron chi connectivity index (χ1n) is 5.51. The van der Waals surface area contributed by atoms with Gasteiger partial charge >= 0.3 is 0 Å². The second-order valence-corrected chi connectivity index (χ2v) is 6.41. The molecule has 0 radical (unpaired) electrons. The Morgan fingerprint density at radius 2 is 1.50 bits per heavy atom. The second-order valence-electron chi connectivity index (χ2n) is 4.39. The molecule has 0 N–H and O–H groups in total. The van der Waals surface area contributed by atoms with Crippen molar-refractivity contribution in [3.63, 3.8) is 0 Å². The molecule has 0 atom stereocenters. The largest absolute Gasteiger partial charge is 0.299 e. The molecule has 0 aliphatic carbocycles. The van der Waals surface area contributed by atoms with Crippen molar-refractivity contribution in [1.82, 2.24) is 0 Å². The van der Waals surface area contributed by atoms with Crippen LogP contribution in [0.15, 0.2) is 29.2 Å². The maximum atomic E-state index is 11.3. The van der Waals surface area contributed by atoms with Crippen molar-refractivity contribution in [3.8, 4) is 0 Å². The minimum absolute atomic E-state index is 0.172. The number of Topliss-reactive ketones (excluding diaryl/α,β-unsaturated/α-hetero) is 2. The molecule has 0 aliphatic rings. The number of carbonyl (C=O) groups is 2. The summed E-state index contributed by atoms with van der Waals surface area (Å²) in [5.41, 5.74) is 0.776. The van der Waals surface area contributed by atoms with Crippen LogP contribution in [0, 0.1) is 5.92 Å². The van der Waals surface area contributed by atoms with Crippen LogP contribution in [-0.4, -0.2) is 26.2 Å². The number of ketones is 2. The van der Waals surface area contributed by atoms with E-state index in [4.69, 9.17) is 0 Å². The Labute approximate surface area is 107 Å². The molecular formula is C13H16O4S. The third-order valence-electron chi connectivity index (χ3n) is 2.77. The topological polar surface area (TPSA) is 68.3 Å². The zero-order chi connectivity index (χ0) is 13.9. The zero-order valence-electron chi connectivity index (χ0n) is 10.6. The lowest BCUT2D eigenvalue weighted by molar-refractivity contribution is -0.130. The highest BCUT2D eigenvalue weighted by atomic mass is 32.2. The summed E-state index contributed by atoms with van der Waals surface area (Å²) >= 11 is 0. The van der Waals surface area contributed by atoms with Crippen LogP contribution in [0.2, 0.25) is 0 Å². The zero-order valence-corrected chi connectivity index (χ0v) is 11.5. The lowest BCUT2D eigenvalue weighted by atomic mass is 9.93. The van der Waals surface area contributed by atoms with E-state index in [1.165, 1.54) is 26.0 Å². The van der Waals surface area contributed by atoms with Crippen LogP contribution in [0.3, 0.4) is 0 Å². The predicted molar refractivity (Wildman–Crippen MR) is 68.1 cm³/mol. The Morgan fingerprint density at radius 3 is 1.83 bits per heavy atom. The molecule has 0 unspecified atom stereocenters. The molecule has 1 rings (SSSR count). The molecule has 4 nitrogen and oxygen atoms in total. The molecule has 0 bridgehead atoms. The number of rotatable bonds is 5. The fourth-order valence-electron chi connectivity index (χ4n) is 1.68. The number of carbonyl (C=O) groups excluding carboxylic acids is 2. The lowest BCUT2D eigenvalue weighted by Crippen LogP contribution is -2.21. The Kier molecular flexibility index (Phi) is 4.40. The van der Waals surface area contributed by atoms with E-state index in [1.807, 2.05) is 0 Å². The maximum absolute atomic E-state index is 11.3. The highest BCUT2D eigenvalue weighted by Crippen LogP contribution is 2.15. The summed E-state index contributed by atoms with van der Waals surface area (Å²) < 4.78 is 22.5. The van der Waals surface area contributed by atoms with Crippen molar-refractivity contribution in [2.24, 2.45) is 5.92 Å². The fraction of sp³-hybridized carbons (Fsp3) is 0.385. The highest BCUT2D eigenvalue weighted by Gasteiger charge is 2.19. The van der Waals surface area contributed by atoms with Gasteiger partial charge in [-0.3, -0.25) is 9.59 Å². The minimum atomic E-state index is -3.21. The minimum Gasteiger partial charge on any atom is -0.299 e. The van der Waals surface area contributed by atoms with Crippen molar-refractivity contribution in [3.05, 3.63) is 29.8 Å². The van der Waals surface area contributed by atoms with Gasteiger partial charge in [0.05, 0.1) is 10.8 Å². The normalized spacial score (nSPS) is 11.6. The van der Waals surface area contributed by atoms with Gasteiger partial charge in [0.2, 0.25) is 0 Å². The van der Waals surface area contributed by atoms with Gasteiger partial charge in [-0.25, -0.2) is 8.42 Å². The first kappa shape index (κ1) is 14.6. The molecule has 0 aliphatic heterocycles. The van der Waals surface area contributed by atoms with Crippen LogP contribution in [0.5, 0.6) is 0 Å². The van der Waals surface area contributed by atoms with E-state index in [2.05, 4.69) is 0 Å². The molecule has 0 saturated carbocycles. The average Bonchev–Trinajstić information content (AvgIpc) is 2.24. The number of hydrogen-bond donors (Lipinski definition) is 0. The van der Waals surface area contributed by atoms with Crippen molar-refractivity contribution < 1.29 is 18.0 Å². The molecule has 18 heavy (non-hydrogen) atoms. The van der Waals surface area contributed by atoms with Gasteiger partial charge in [0.15, 0.2) is 9.84 Å². The summed E-state index contributed by atoms with van der Waals surface area (Å²) in [6, 6.07) is 6.24. The number of benzene rings is 1. The summed E-state index contributed by atoms with van der Waals surface area (Å²) in [5, 5.41) is 0. The van der Waals surface area contributed by atoms with E-state index in [-0.39, 0.29) is 16.5 Å². The lowest BCUT2D eigenvalue weighted by Gasteiger charge is -2.10. The van der Waals surface area contributed by atoms with Gasteiger partial charge in [0.25, 0.3) is 0 Å². The van der Waals surface area contributed by atoms with Crippen molar-refractivity contribution >= 4 is 21.4 Å². The summed E-state index contributed by atoms with van der Waals surface area (Å²) in [5.74, 6) is -0.988. The van der Waals surface area contributed by atoms with Gasteiger partial charge in [-0.15, -0.1) is 0 Å². The molecular weight excluding hydrogens is 252 g/mol. The smallest absolute Gasteiger partial charge is 0.175 e. The monoisotopic (exact) mass is 268 g/mol. The molecule has 0 fully saturated rings. The molecule has 0 spiro atoms. The Hall–Kier alpha value is -1.49. The van der Waals surface area contributed by atoms with Gasteiger partial charge < -0.3 is 0 Å². The van der Waals surface area contributed by atoms with E-state index < -0.39 is 15.8 Å². The van der Waals surface area contributed by atoms with E-state index in [9.17, 15) is 18.0 Å². The highest BCUT2D eigenvalue weighted by molar-refractivity contribution is 7.90. The number of sulfone groups is 1. The van der Waals surface area contributed by atoms with Gasteiger partial charge in [-0.05, 0) is 38.0 Å². The molecule has 0 aromatic heterocycles. The molecule has 0 saturated heterocycles. The first-order valence-corrected chi connectivity index (χ1v) is 7.41. The molecule has 98 valence electrons. The summed E-state index contributed by atoms with van der Waals surface area (Å²) in [6.45, 7) is 2.77. The summed E-state index contributed by atoms with van der Waals surface area (Å²) in [4.78, 5) is 22.8. The van der Waals surface area contributed by atoms with Crippen LogP contribution in [0.1, 0.15) is 19.4 Å². The quantitative estimate of drug-likeness (QED) is 0.757. The number of hydrogen-bond acceptors (Lipinski definition) is 4. The van der Waals surface area contributed by atoms with E-state index in [0.29, 0.717) is 6.42 Å². The van der Waals surface area contributed by atoms with Gasteiger partial charge in [0.1, 0.15) is 11.6 Å². The van der Waals surface area contributed by atoms with Crippen LogP contribution >= 0.6 is 0 Å². The molecule has 0 heterocycles. The van der Waals surface area contributed by atoms with Crippen molar-refractivity contribution in [1.29, 1.82) is 0 Å². The van der Waals surface area contributed by atoms with Gasteiger partial charge in [-0.2, -0.15) is 0 Å². The first-order chi connectivity index (χ1) is 8.21. The van der Waals surface area contributed by atoms with E-state index in [0.717, 1.165) is 11.8 Å². The fourth-order valence-corrected chi connectivity index (χ4v) is 2.31. The van der Waals surface area contributed by atoms with Crippen LogP contribution in [-0.2, 0) is 25.8 Å². The molecule has 0 amide bonds. The average molecular weight is 268 g/mol. The van der Waals surface area contributed by atoms with E-state index in [1.54, 1.807) is 12.1 Å². The third kappa shape index (κ3) is 3.77. The second kappa shape index (κ2) is 5.44.